The van der Waals surface area contributed by atoms with Crippen LogP contribution in [0.15, 0.2) is 0 Å². The van der Waals surface area contributed by atoms with E-state index in [0.717, 1.165) is 44.9 Å². The van der Waals surface area contributed by atoms with E-state index in [4.69, 9.17) is 0 Å². The molecule has 1 atom stereocenters. The van der Waals surface area contributed by atoms with Crippen molar-refractivity contribution in [1.29, 1.82) is 0 Å². The summed E-state index contributed by atoms with van der Waals surface area (Å²) < 4.78 is 0. The van der Waals surface area contributed by atoms with Gasteiger partial charge in [-0.3, -0.25) is 9.69 Å². The normalized spacial score (nSPS) is 30.3. The van der Waals surface area contributed by atoms with Crippen molar-refractivity contribution in [1.82, 2.24) is 15.5 Å². The molecule has 1 amide bonds. The van der Waals surface area contributed by atoms with Crippen LogP contribution in [0, 0.1) is 11.8 Å². The van der Waals surface area contributed by atoms with Crippen molar-refractivity contribution in [2.75, 3.05) is 32.7 Å². The van der Waals surface area contributed by atoms with E-state index >= 15 is 0 Å². The van der Waals surface area contributed by atoms with Gasteiger partial charge in [0.15, 0.2) is 0 Å². The molecule has 2 rings (SSSR count). The maximum absolute atomic E-state index is 12.2. The monoisotopic (exact) mass is 295 g/mol. The van der Waals surface area contributed by atoms with Gasteiger partial charge in [0.2, 0.25) is 5.91 Å². The topological polar surface area (TPSA) is 44.4 Å². The lowest BCUT2D eigenvalue weighted by atomic mass is 9.87. The third-order valence-corrected chi connectivity index (χ3v) is 5.11. The van der Waals surface area contributed by atoms with E-state index in [9.17, 15) is 4.79 Å². The first-order valence-electron chi connectivity index (χ1n) is 8.89. The van der Waals surface area contributed by atoms with E-state index in [1.165, 1.54) is 25.7 Å². The summed E-state index contributed by atoms with van der Waals surface area (Å²) in [6, 6.07) is 0.420. The van der Waals surface area contributed by atoms with E-state index in [0.29, 0.717) is 18.5 Å². The van der Waals surface area contributed by atoms with Gasteiger partial charge in [0.25, 0.3) is 0 Å². The number of rotatable bonds is 6. The molecule has 1 aliphatic carbocycles. The zero-order valence-corrected chi connectivity index (χ0v) is 13.9. The van der Waals surface area contributed by atoms with Gasteiger partial charge in [0.1, 0.15) is 0 Å². The average Bonchev–Trinajstić information content (AvgIpc) is 2.50. The van der Waals surface area contributed by atoms with Crippen molar-refractivity contribution in [3.63, 3.8) is 0 Å². The van der Waals surface area contributed by atoms with Gasteiger partial charge in [0, 0.05) is 12.6 Å². The van der Waals surface area contributed by atoms with Crippen LogP contribution in [-0.2, 0) is 4.79 Å². The van der Waals surface area contributed by atoms with Crippen LogP contribution in [0.5, 0.6) is 0 Å². The predicted molar refractivity (Wildman–Crippen MR) is 87.3 cm³/mol. The summed E-state index contributed by atoms with van der Waals surface area (Å²) in [5.74, 6) is 1.77. The van der Waals surface area contributed by atoms with E-state index in [2.05, 4.69) is 29.4 Å². The molecule has 122 valence electrons. The highest BCUT2D eigenvalue weighted by Crippen LogP contribution is 2.23. The summed E-state index contributed by atoms with van der Waals surface area (Å²) in [6.07, 6.45) is 7.41. The molecule has 0 aromatic heterocycles. The van der Waals surface area contributed by atoms with Gasteiger partial charge in [-0.25, -0.2) is 0 Å². The number of amides is 1. The number of likely N-dealkylation sites (N-methyl/N-ethyl adjacent to an activating group) is 1. The molecular formula is C17H33N3O. The first-order chi connectivity index (χ1) is 10.2. The number of nitrogens with zero attached hydrogens (tertiary/aromatic N) is 1. The zero-order chi connectivity index (χ0) is 15.1. The Hall–Kier alpha value is -0.610. The number of hydrogen-bond donors (Lipinski definition) is 2. The minimum absolute atomic E-state index is 0.222. The molecule has 0 aromatic carbocycles. The molecule has 0 radical (unpaired) electrons. The molecular weight excluding hydrogens is 262 g/mol. The third kappa shape index (κ3) is 5.95. The number of carbonyl (C=O) groups excluding carboxylic acids is 1. The third-order valence-electron chi connectivity index (χ3n) is 5.11. The first kappa shape index (κ1) is 16.8. The molecule has 21 heavy (non-hydrogen) atoms. The fourth-order valence-corrected chi connectivity index (χ4v) is 3.63. The van der Waals surface area contributed by atoms with Crippen LogP contribution in [0.3, 0.4) is 0 Å². The minimum atomic E-state index is 0.222. The number of nitrogens with one attached hydrogen (secondary N) is 2. The Morgan fingerprint density at radius 2 is 2.00 bits per heavy atom. The second-order valence-electron chi connectivity index (χ2n) is 7.06. The molecule has 1 unspecified atom stereocenters. The van der Waals surface area contributed by atoms with Gasteiger partial charge in [-0.1, -0.05) is 13.8 Å². The molecule has 0 spiro atoms. The van der Waals surface area contributed by atoms with Crippen molar-refractivity contribution in [2.45, 2.75) is 58.4 Å². The molecule has 4 nitrogen and oxygen atoms in total. The van der Waals surface area contributed by atoms with Crippen LogP contribution in [0.4, 0.5) is 0 Å². The fourth-order valence-electron chi connectivity index (χ4n) is 3.63. The van der Waals surface area contributed by atoms with Gasteiger partial charge in [0.05, 0.1) is 6.54 Å². The van der Waals surface area contributed by atoms with E-state index in [-0.39, 0.29) is 5.91 Å². The Morgan fingerprint density at radius 1 is 1.24 bits per heavy atom. The summed E-state index contributed by atoms with van der Waals surface area (Å²) in [4.78, 5) is 14.5. The van der Waals surface area contributed by atoms with Crippen molar-refractivity contribution in [3.05, 3.63) is 0 Å². The Balaban J connectivity index is 1.69. The Labute approximate surface area is 130 Å². The molecule has 1 aliphatic heterocycles. The molecule has 1 saturated carbocycles. The van der Waals surface area contributed by atoms with Crippen LogP contribution in [0.1, 0.15) is 52.4 Å². The van der Waals surface area contributed by atoms with E-state index < -0.39 is 0 Å². The van der Waals surface area contributed by atoms with Gasteiger partial charge < -0.3 is 10.6 Å². The van der Waals surface area contributed by atoms with Crippen molar-refractivity contribution < 1.29 is 4.79 Å². The molecule has 0 bridgehead atoms. The van der Waals surface area contributed by atoms with Crippen LogP contribution in [0.2, 0.25) is 0 Å². The smallest absolute Gasteiger partial charge is 0.234 e. The number of hydrogen-bond acceptors (Lipinski definition) is 3. The highest BCUT2D eigenvalue weighted by atomic mass is 16.2. The highest BCUT2D eigenvalue weighted by Gasteiger charge is 2.22. The lowest BCUT2D eigenvalue weighted by Crippen LogP contribution is -2.45. The van der Waals surface area contributed by atoms with E-state index in [1.54, 1.807) is 0 Å². The average molecular weight is 295 g/mol. The standard InChI is InChI=1S/C17H33N3O/c1-3-20(12-15-5-4-10-18-11-15)13-17(21)19-16-8-6-14(2)7-9-16/h14-16,18H,3-13H2,1-2H3,(H,19,21). The van der Waals surface area contributed by atoms with Gasteiger partial charge >= 0.3 is 0 Å². The van der Waals surface area contributed by atoms with Crippen molar-refractivity contribution >= 4 is 5.91 Å². The predicted octanol–water partition coefficient (Wildman–Crippen LogP) is 2.00. The minimum Gasteiger partial charge on any atom is -0.352 e. The summed E-state index contributed by atoms with van der Waals surface area (Å²) in [7, 11) is 0. The van der Waals surface area contributed by atoms with Crippen molar-refractivity contribution in [2.24, 2.45) is 11.8 Å². The lowest BCUT2D eigenvalue weighted by Gasteiger charge is -2.30. The Kier molecular flexibility index (Phi) is 6.97. The zero-order valence-electron chi connectivity index (χ0n) is 13.9. The van der Waals surface area contributed by atoms with Crippen LogP contribution in [0.25, 0.3) is 0 Å². The Bertz CT molecular complexity index is 307. The molecule has 2 N–H and O–H groups in total. The molecule has 1 heterocycles. The molecule has 0 aromatic rings. The maximum Gasteiger partial charge on any atom is 0.234 e. The number of carbonyl (C=O) groups is 1. The van der Waals surface area contributed by atoms with Crippen LogP contribution >= 0.6 is 0 Å². The summed E-state index contributed by atoms with van der Waals surface area (Å²) in [5, 5.41) is 6.71. The first-order valence-corrected chi connectivity index (χ1v) is 8.89. The highest BCUT2D eigenvalue weighted by molar-refractivity contribution is 5.78. The SMILES string of the molecule is CCN(CC(=O)NC1CCC(C)CC1)CC1CCCNC1. The Morgan fingerprint density at radius 3 is 2.62 bits per heavy atom. The molecule has 1 saturated heterocycles. The lowest BCUT2D eigenvalue weighted by molar-refractivity contribution is -0.123. The van der Waals surface area contributed by atoms with Crippen LogP contribution in [-0.4, -0.2) is 49.6 Å². The molecule has 2 fully saturated rings. The summed E-state index contributed by atoms with van der Waals surface area (Å²) in [5.41, 5.74) is 0. The van der Waals surface area contributed by atoms with Crippen molar-refractivity contribution in [3.8, 4) is 0 Å². The van der Waals surface area contributed by atoms with Gasteiger partial charge in [-0.05, 0) is 70.0 Å². The van der Waals surface area contributed by atoms with Crippen LogP contribution < -0.4 is 10.6 Å². The summed E-state index contributed by atoms with van der Waals surface area (Å²) in [6.45, 7) is 9.33. The fraction of sp³-hybridized carbons (Fsp3) is 0.941. The summed E-state index contributed by atoms with van der Waals surface area (Å²) >= 11 is 0. The maximum atomic E-state index is 12.2. The molecule has 2 aliphatic rings. The quantitative estimate of drug-likeness (QED) is 0.788. The van der Waals surface area contributed by atoms with Gasteiger partial charge in [-0.2, -0.15) is 0 Å². The second-order valence-corrected chi connectivity index (χ2v) is 7.06. The largest absolute Gasteiger partial charge is 0.352 e. The number of piperidine rings is 1. The second kappa shape index (κ2) is 8.74. The van der Waals surface area contributed by atoms with Gasteiger partial charge in [-0.15, -0.1) is 0 Å². The molecule has 4 heteroatoms. The van der Waals surface area contributed by atoms with E-state index in [1.807, 2.05) is 0 Å².